The molecule has 3 nitrogen and oxygen atoms in total. The van der Waals surface area contributed by atoms with Crippen molar-refractivity contribution in [1.82, 2.24) is 0 Å². The first-order valence-corrected chi connectivity index (χ1v) is 3.74. The molecule has 0 saturated carbocycles. The predicted octanol–water partition coefficient (Wildman–Crippen LogP) is -2.47. The quantitative estimate of drug-likeness (QED) is 0.442. The van der Waals surface area contributed by atoms with E-state index in [0.717, 1.165) is 0 Å². The first kappa shape index (κ1) is 12.4. The molecule has 0 saturated heterocycles. The van der Waals surface area contributed by atoms with Crippen molar-refractivity contribution in [2.24, 2.45) is 0 Å². The van der Waals surface area contributed by atoms with Crippen molar-refractivity contribution in [3.05, 3.63) is 30.3 Å². The molecule has 60 valence electrons. The van der Waals surface area contributed by atoms with E-state index in [1.807, 2.05) is 0 Å². The van der Waals surface area contributed by atoms with Gasteiger partial charge in [-0.3, -0.25) is 0 Å². The number of hydrogen-bond acceptors (Lipinski definition) is 3. The van der Waals surface area contributed by atoms with Gasteiger partial charge in [0.2, 0.25) is 0 Å². The largest absolute Gasteiger partial charge is 1.00 e. The average molecular weight is 173 g/mol. The maximum absolute atomic E-state index is 8.76. The summed E-state index contributed by atoms with van der Waals surface area (Å²) in [6.07, 6.45) is -2.35. The van der Waals surface area contributed by atoms with Crippen LogP contribution in [0.2, 0.25) is 0 Å². The van der Waals surface area contributed by atoms with E-state index in [0.29, 0.717) is 5.46 Å². The Bertz CT molecular complexity index is 388. The standard InChI is InChI=1S/C9H5BN3.Li/c11-6-10(7-12,8-13)9-4-2-1-3-5-9;/h1-5H;/q-1;+1. The maximum Gasteiger partial charge on any atom is 1.00 e. The van der Waals surface area contributed by atoms with Crippen molar-refractivity contribution in [3.8, 4) is 17.9 Å². The van der Waals surface area contributed by atoms with Crippen LogP contribution in [0.5, 0.6) is 0 Å². The van der Waals surface area contributed by atoms with Gasteiger partial charge in [-0.1, -0.05) is 30.3 Å². The molecule has 0 aliphatic rings. The summed E-state index contributed by atoms with van der Waals surface area (Å²) in [5.41, 5.74) is 0.481. The van der Waals surface area contributed by atoms with Gasteiger partial charge < -0.3 is 0 Å². The molecule has 14 heavy (non-hydrogen) atoms. The Kier molecular flexibility index (Phi) is 4.55. The molecule has 0 heterocycles. The summed E-state index contributed by atoms with van der Waals surface area (Å²) in [7, 11) is 0. The molecule has 0 N–H and O–H groups in total. The van der Waals surface area contributed by atoms with Crippen LogP contribution in [-0.2, 0) is 0 Å². The monoisotopic (exact) mass is 173 g/mol. The van der Waals surface area contributed by atoms with E-state index in [1.165, 1.54) is 0 Å². The SMILES string of the molecule is N#C[B-](C#N)(C#N)c1ccccc1.[Li+]. The van der Waals surface area contributed by atoms with E-state index in [1.54, 1.807) is 48.2 Å². The van der Waals surface area contributed by atoms with Gasteiger partial charge >= 0.3 is 25.0 Å². The molecule has 0 aliphatic heterocycles. The van der Waals surface area contributed by atoms with E-state index in [-0.39, 0.29) is 18.9 Å². The van der Waals surface area contributed by atoms with Crippen molar-refractivity contribution in [2.75, 3.05) is 0 Å². The molecular formula is C9H5BLiN3. The van der Waals surface area contributed by atoms with E-state index in [9.17, 15) is 0 Å². The summed E-state index contributed by atoms with van der Waals surface area (Å²) < 4.78 is 0. The Morgan fingerprint density at radius 1 is 0.857 bits per heavy atom. The summed E-state index contributed by atoms with van der Waals surface area (Å²) in [6.45, 7) is 0. The first-order valence-electron chi connectivity index (χ1n) is 3.74. The van der Waals surface area contributed by atoms with E-state index in [4.69, 9.17) is 15.8 Å². The minimum Gasteiger partial charge on any atom is -0.246 e. The zero-order chi connectivity index (χ0) is 9.73. The van der Waals surface area contributed by atoms with Crippen LogP contribution < -0.4 is 24.3 Å². The maximum atomic E-state index is 8.76. The normalized spacial score (nSPS) is 8.64. The second kappa shape index (κ2) is 5.16. The van der Waals surface area contributed by atoms with Crippen molar-refractivity contribution >= 4 is 11.6 Å². The summed E-state index contributed by atoms with van der Waals surface area (Å²) in [5.74, 6) is 5.31. The molecule has 1 aromatic rings. The Hall–Kier alpha value is -1.65. The van der Waals surface area contributed by atoms with E-state index in [2.05, 4.69) is 0 Å². The summed E-state index contributed by atoms with van der Waals surface area (Å²) in [4.78, 5) is 0. The molecule has 0 atom stereocenters. The van der Waals surface area contributed by atoms with E-state index >= 15 is 0 Å². The van der Waals surface area contributed by atoms with Gasteiger partial charge in [0.25, 0.3) is 0 Å². The van der Waals surface area contributed by atoms with Crippen LogP contribution in [0.25, 0.3) is 0 Å². The Balaban J connectivity index is 0.00000169. The van der Waals surface area contributed by atoms with Crippen molar-refractivity contribution < 1.29 is 18.9 Å². The van der Waals surface area contributed by atoms with Crippen LogP contribution in [0.3, 0.4) is 0 Å². The summed E-state index contributed by atoms with van der Waals surface area (Å²) in [6, 6.07) is 8.43. The van der Waals surface area contributed by atoms with Crippen LogP contribution in [0.4, 0.5) is 0 Å². The van der Waals surface area contributed by atoms with Gasteiger partial charge in [-0.2, -0.15) is 5.46 Å². The third-order valence-corrected chi connectivity index (χ3v) is 1.88. The summed E-state index contributed by atoms with van der Waals surface area (Å²) in [5, 5.41) is 26.3. The van der Waals surface area contributed by atoms with Gasteiger partial charge in [0.1, 0.15) is 0 Å². The van der Waals surface area contributed by atoms with Crippen LogP contribution in [0.15, 0.2) is 30.3 Å². The molecule has 0 unspecified atom stereocenters. The third-order valence-electron chi connectivity index (χ3n) is 1.88. The fourth-order valence-electron chi connectivity index (χ4n) is 1.05. The minimum absolute atomic E-state index is 0. The second-order valence-electron chi connectivity index (χ2n) is 2.66. The molecule has 0 aliphatic carbocycles. The summed E-state index contributed by atoms with van der Waals surface area (Å²) >= 11 is 0. The van der Waals surface area contributed by atoms with Gasteiger partial charge in [-0.15, -0.1) is 17.9 Å². The first-order chi connectivity index (χ1) is 6.29. The molecule has 0 aromatic heterocycles. The molecule has 0 amide bonds. The van der Waals surface area contributed by atoms with Crippen LogP contribution in [0, 0.1) is 33.7 Å². The number of nitriles is 3. The van der Waals surface area contributed by atoms with E-state index < -0.39 is 6.15 Å². The van der Waals surface area contributed by atoms with Gasteiger partial charge in [0.15, 0.2) is 0 Å². The molecular weight excluding hydrogens is 168 g/mol. The number of hydrogen-bond donors (Lipinski definition) is 0. The zero-order valence-electron chi connectivity index (χ0n) is 7.81. The smallest absolute Gasteiger partial charge is 0.246 e. The molecule has 0 fully saturated rings. The second-order valence-corrected chi connectivity index (χ2v) is 2.66. The molecule has 0 bridgehead atoms. The van der Waals surface area contributed by atoms with Crippen LogP contribution in [-0.4, -0.2) is 6.15 Å². The fraction of sp³-hybridized carbons (Fsp3) is 0. The van der Waals surface area contributed by atoms with Crippen molar-refractivity contribution in [1.29, 1.82) is 15.8 Å². The van der Waals surface area contributed by atoms with Crippen LogP contribution >= 0.6 is 0 Å². The Labute approximate surface area is 94.7 Å². The Morgan fingerprint density at radius 2 is 1.29 bits per heavy atom. The molecule has 1 rings (SSSR count). The number of benzene rings is 1. The zero-order valence-corrected chi connectivity index (χ0v) is 7.81. The van der Waals surface area contributed by atoms with Crippen molar-refractivity contribution in [2.45, 2.75) is 0 Å². The number of nitrogens with zero attached hydrogens (tertiary/aromatic N) is 3. The number of rotatable bonds is 1. The molecule has 0 spiro atoms. The third kappa shape index (κ3) is 1.99. The van der Waals surface area contributed by atoms with Crippen molar-refractivity contribution in [3.63, 3.8) is 0 Å². The van der Waals surface area contributed by atoms with Crippen LogP contribution in [0.1, 0.15) is 0 Å². The minimum atomic E-state index is -2.35. The van der Waals surface area contributed by atoms with Gasteiger partial charge in [0, 0.05) is 0 Å². The Morgan fingerprint density at radius 3 is 1.64 bits per heavy atom. The predicted molar refractivity (Wildman–Crippen MR) is 48.7 cm³/mol. The van der Waals surface area contributed by atoms with Gasteiger partial charge in [-0.05, 0) is 0 Å². The molecule has 1 aromatic carbocycles. The topological polar surface area (TPSA) is 71.4 Å². The fourth-order valence-corrected chi connectivity index (χ4v) is 1.05. The average Bonchev–Trinajstić information content (AvgIpc) is 2.23. The van der Waals surface area contributed by atoms with Gasteiger partial charge in [0.05, 0.1) is 0 Å². The molecule has 0 radical (unpaired) electrons. The van der Waals surface area contributed by atoms with Gasteiger partial charge in [-0.25, -0.2) is 15.8 Å². The molecule has 5 heteroatoms.